The molecule has 2 atom stereocenters. The summed E-state index contributed by atoms with van der Waals surface area (Å²) in [4.78, 5) is 10.8. The van der Waals surface area contributed by atoms with Crippen molar-refractivity contribution in [2.45, 2.75) is 32.1 Å². The maximum atomic E-state index is 10.8. The summed E-state index contributed by atoms with van der Waals surface area (Å²) in [6, 6.07) is 0. The molecule has 2 fully saturated rings. The number of carboxylic acids is 1. The summed E-state index contributed by atoms with van der Waals surface area (Å²) in [7, 11) is 0. The van der Waals surface area contributed by atoms with Gasteiger partial charge in [0.15, 0.2) is 0 Å². The quantitative estimate of drug-likeness (QED) is 0.750. The van der Waals surface area contributed by atoms with Gasteiger partial charge in [-0.2, -0.15) is 0 Å². The van der Waals surface area contributed by atoms with Crippen LogP contribution >= 0.6 is 0 Å². The van der Waals surface area contributed by atoms with Crippen LogP contribution in [-0.4, -0.2) is 24.3 Å². The third-order valence-electron chi connectivity index (χ3n) is 3.74. The van der Waals surface area contributed by atoms with Gasteiger partial charge in [-0.25, -0.2) is 0 Å². The normalized spacial score (nSPS) is 29.9. The average molecular weight is 198 g/mol. The highest BCUT2D eigenvalue weighted by Gasteiger charge is 2.36. The summed E-state index contributed by atoms with van der Waals surface area (Å²) in [5.41, 5.74) is 0. The Morgan fingerprint density at radius 3 is 2.57 bits per heavy atom. The van der Waals surface area contributed by atoms with Crippen molar-refractivity contribution in [3.8, 4) is 0 Å². The van der Waals surface area contributed by atoms with E-state index in [0.29, 0.717) is 24.2 Å². The lowest BCUT2D eigenvalue weighted by Gasteiger charge is -2.36. The molecule has 0 spiro atoms. The van der Waals surface area contributed by atoms with Gasteiger partial charge in [-0.1, -0.05) is 19.3 Å². The first-order valence-corrected chi connectivity index (χ1v) is 5.57. The molecular weight excluding hydrogens is 180 g/mol. The maximum Gasteiger partial charge on any atom is 0.303 e. The molecule has 1 saturated heterocycles. The van der Waals surface area contributed by atoms with Crippen molar-refractivity contribution in [2.24, 2.45) is 17.8 Å². The molecule has 0 radical (unpaired) electrons. The van der Waals surface area contributed by atoms with Crippen molar-refractivity contribution in [3.63, 3.8) is 0 Å². The van der Waals surface area contributed by atoms with Gasteiger partial charge in [-0.3, -0.25) is 4.79 Å². The van der Waals surface area contributed by atoms with Crippen molar-refractivity contribution >= 4 is 5.97 Å². The van der Waals surface area contributed by atoms with Gasteiger partial charge in [0.1, 0.15) is 0 Å². The van der Waals surface area contributed by atoms with Gasteiger partial charge in [-0.15, -0.1) is 0 Å². The summed E-state index contributed by atoms with van der Waals surface area (Å²) in [6.07, 6.45) is 5.16. The third kappa shape index (κ3) is 2.08. The van der Waals surface area contributed by atoms with Crippen LogP contribution in [0.4, 0.5) is 0 Å². The monoisotopic (exact) mass is 198 g/mol. The summed E-state index contributed by atoms with van der Waals surface area (Å²) in [5, 5.41) is 8.87. The Morgan fingerprint density at radius 1 is 1.36 bits per heavy atom. The number of hydrogen-bond donors (Lipinski definition) is 1. The highest BCUT2D eigenvalue weighted by molar-refractivity contribution is 5.67. The highest BCUT2D eigenvalue weighted by Crippen LogP contribution is 2.41. The van der Waals surface area contributed by atoms with E-state index in [1.165, 1.54) is 19.3 Å². The molecule has 1 aliphatic heterocycles. The molecule has 0 bridgehead atoms. The molecule has 14 heavy (non-hydrogen) atoms. The topological polar surface area (TPSA) is 46.5 Å². The Balaban J connectivity index is 1.93. The van der Waals surface area contributed by atoms with E-state index in [4.69, 9.17) is 9.84 Å². The number of rotatable bonds is 4. The zero-order chi connectivity index (χ0) is 9.97. The van der Waals surface area contributed by atoms with Crippen LogP contribution in [0, 0.1) is 17.8 Å². The number of carbonyl (C=O) groups is 1. The number of ether oxygens (including phenoxy) is 1. The minimum atomic E-state index is -0.645. The first kappa shape index (κ1) is 9.97. The molecule has 1 aliphatic carbocycles. The Morgan fingerprint density at radius 2 is 2.14 bits per heavy atom. The van der Waals surface area contributed by atoms with E-state index < -0.39 is 5.97 Å². The maximum absolute atomic E-state index is 10.8. The lowest BCUT2D eigenvalue weighted by Crippen LogP contribution is -2.30. The van der Waals surface area contributed by atoms with Crippen molar-refractivity contribution in [2.75, 3.05) is 13.2 Å². The number of aliphatic carboxylic acids is 1. The Bertz CT molecular complexity index is 205. The number of carboxylic acid groups (broad SMARTS) is 1. The Labute approximate surface area is 84.4 Å². The SMILES string of the molecule is O=C(O)CC(C1CCC1)C1CCOC1. The lowest BCUT2D eigenvalue weighted by molar-refractivity contribution is -0.139. The predicted octanol–water partition coefficient (Wildman–Crippen LogP) is 1.91. The molecule has 2 rings (SSSR count). The molecule has 0 aromatic carbocycles. The van der Waals surface area contributed by atoms with Gasteiger partial charge in [0, 0.05) is 19.6 Å². The second-order valence-electron chi connectivity index (χ2n) is 4.58. The smallest absolute Gasteiger partial charge is 0.303 e. The fourth-order valence-corrected chi connectivity index (χ4v) is 2.68. The van der Waals surface area contributed by atoms with Crippen LogP contribution in [0.1, 0.15) is 32.1 Å². The van der Waals surface area contributed by atoms with E-state index in [1.54, 1.807) is 0 Å². The van der Waals surface area contributed by atoms with Gasteiger partial charge < -0.3 is 9.84 Å². The van der Waals surface area contributed by atoms with E-state index in [-0.39, 0.29) is 0 Å². The second-order valence-corrected chi connectivity index (χ2v) is 4.58. The van der Waals surface area contributed by atoms with Crippen LogP contribution in [0.15, 0.2) is 0 Å². The third-order valence-corrected chi connectivity index (χ3v) is 3.74. The Kier molecular flexibility index (Phi) is 3.06. The molecule has 0 amide bonds. The summed E-state index contributed by atoms with van der Waals surface area (Å²) >= 11 is 0. The molecule has 3 nitrogen and oxygen atoms in total. The zero-order valence-electron chi connectivity index (χ0n) is 8.45. The van der Waals surface area contributed by atoms with Crippen LogP contribution in [0.3, 0.4) is 0 Å². The van der Waals surface area contributed by atoms with Crippen LogP contribution in [-0.2, 0) is 9.53 Å². The fourth-order valence-electron chi connectivity index (χ4n) is 2.68. The predicted molar refractivity (Wildman–Crippen MR) is 52.0 cm³/mol. The molecule has 2 unspecified atom stereocenters. The average Bonchev–Trinajstić information content (AvgIpc) is 2.49. The van der Waals surface area contributed by atoms with Crippen molar-refractivity contribution in [1.29, 1.82) is 0 Å². The fraction of sp³-hybridized carbons (Fsp3) is 0.909. The van der Waals surface area contributed by atoms with Gasteiger partial charge in [-0.05, 0) is 24.2 Å². The molecule has 1 saturated carbocycles. The van der Waals surface area contributed by atoms with Gasteiger partial charge in [0.25, 0.3) is 0 Å². The van der Waals surface area contributed by atoms with E-state index >= 15 is 0 Å². The van der Waals surface area contributed by atoms with E-state index in [1.807, 2.05) is 0 Å². The largest absolute Gasteiger partial charge is 0.481 e. The second kappa shape index (κ2) is 4.30. The molecule has 1 N–H and O–H groups in total. The Hall–Kier alpha value is -0.570. The van der Waals surface area contributed by atoms with E-state index in [9.17, 15) is 4.79 Å². The molecule has 2 aliphatic rings. The number of hydrogen-bond acceptors (Lipinski definition) is 2. The van der Waals surface area contributed by atoms with Gasteiger partial charge in [0.05, 0.1) is 0 Å². The van der Waals surface area contributed by atoms with Crippen LogP contribution in [0.5, 0.6) is 0 Å². The molecule has 0 aromatic rings. The van der Waals surface area contributed by atoms with Crippen molar-refractivity contribution < 1.29 is 14.6 Å². The highest BCUT2D eigenvalue weighted by atomic mass is 16.5. The zero-order valence-corrected chi connectivity index (χ0v) is 8.45. The standard InChI is InChI=1S/C11H18O3/c12-11(13)6-10(8-2-1-3-8)9-4-5-14-7-9/h8-10H,1-7H2,(H,12,13). The van der Waals surface area contributed by atoms with E-state index in [2.05, 4.69) is 0 Å². The van der Waals surface area contributed by atoms with Crippen LogP contribution < -0.4 is 0 Å². The summed E-state index contributed by atoms with van der Waals surface area (Å²) < 4.78 is 5.35. The van der Waals surface area contributed by atoms with E-state index in [0.717, 1.165) is 19.6 Å². The molecule has 80 valence electrons. The van der Waals surface area contributed by atoms with Crippen LogP contribution in [0.2, 0.25) is 0 Å². The molecule has 1 heterocycles. The van der Waals surface area contributed by atoms with Gasteiger partial charge >= 0.3 is 5.97 Å². The lowest BCUT2D eigenvalue weighted by atomic mass is 9.69. The molecule has 0 aromatic heterocycles. The first-order valence-electron chi connectivity index (χ1n) is 5.57. The summed E-state index contributed by atoms with van der Waals surface area (Å²) in [6.45, 7) is 1.61. The molecule has 3 heteroatoms. The molecular formula is C11H18O3. The first-order chi connectivity index (χ1) is 6.77. The van der Waals surface area contributed by atoms with Crippen molar-refractivity contribution in [3.05, 3.63) is 0 Å². The van der Waals surface area contributed by atoms with Crippen molar-refractivity contribution in [1.82, 2.24) is 0 Å². The minimum absolute atomic E-state index is 0.346. The van der Waals surface area contributed by atoms with Crippen LogP contribution in [0.25, 0.3) is 0 Å². The van der Waals surface area contributed by atoms with Gasteiger partial charge in [0.2, 0.25) is 0 Å². The minimum Gasteiger partial charge on any atom is -0.481 e. The summed E-state index contributed by atoms with van der Waals surface area (Å²) in [5.74, 6) is 0.909.